The maximum Gasteiger partial charge on any atom is 0.332 e. The minimum absolute atomic E-state index is 0.0953. The molecule has 1 aliphatic rings. The minimum atomic E-state index is -0.386. The Kier molecular flexibility index (Phi) is 3.46. The van der Waals surface area contributed by atoms with Crippen LogP contribution in [0.15, 0.2) is 26.8 Å². The third-order valence-corrected chi connectivity index (χ3v) is 4.29. The second-order valence-electron chi connectivity index (χ2n) is 5.73. The number of imidazole rings is 1. The first-order valence-electron chi connectivity index (χ1n) is 7.50. The predicted molar refractivity (Wildman–Crippen MR) is 90.2 cm³/mol. The van der Waals surface area contributed by atoms with Gasteiger partial charge < -0.3 is 0 Å². The Morgan fingerprint density at radius 2 is 1.91 bits per heavy atom. The van der Waals surface area contributed by atoms with Crippen molar-refractivity contribution in [2.75, 3.05) is 11.6 Å². The van der Waals surface area contributed by atoms with E-state index in [4.69, 9.17) is 0 Å². The van der Waals surface area contributed by atoms with Crippen molar-refractivity contribution in [2.24, 2.45) is 19.2 Å². The number of anilines is 1. The highest BCUT2D eigenvalue weighted by molar-refractivity contribution is 5.91. The Balaban J connectivity index is 2.40. The number of allylic oxidation sites excluding steroid dienone is 1. The summed E-state index contributed by atoms with van der Waals surface area (Å²) < 4.78 is 4.38. The van der Waals surface area contributed by atoms with Gasteiger partial charge >= 0.3 is 5.69 Å². The van der Waals surface area contributed by atoms with Crippen molar-refractivity contribution in [1.82, 2.24) is 18.7 Å². The van der Waals surface area contributed by atoms with Gasteiger partial charge in [-0.05, 0) is 20.8 Å². The van der Waals surface area contributed by atoms with Gasteiger partial charge in [0.1, 0.15) is 0 Å². The molecule has 0 bridgehead atoms. The molecular weight excluding hydrogens is 296 g/mol. The molecule has 0 amide bonds. The van der Waals surface area contributed by atoms with Crippen LogP contribution < -0.4 is 16.3 Å². The lowest BCUT2D eigenvalue weighted by Gasteiger charge is -2.28. The van der Waals surface area contributed by atoms with Gasteiger partial charge in [0, 0.05) is 14.1 Å². The van der Waals surface area contributed by atoms with E-state index in [0.29, 0.717) is 23.7 Å². The highest BCUT2D eigenvalue weighted by Gasteiger charge is 2.29. The molecule has 122 valence electrons. The summed E-state index contributed by atoms with van der Waals surface area (Å²) >= 11 is 0. The van der Waals surface area contributed by atoms with Gasteiger partial charge in [-0.2, -0.15) is 10.1 Å². The van der Waals surface area contributed by atoms with Gasteiger partial charge in [-0.3, -0.25) is 18.5 Å². The zero-order valence-corrected chi connectivity index (χ0v) is 13.9. The fraction of sp³-hybridized carbons (Fsp3) is 0.467. The summed E-state index contributed by atoms with van der Waals surface area (Å²) in [6, 6.07) is -0.0953. The zero-order chi connectivity index (χ0) is 16.9. The van der Waals surface area contributed by atoms with Gasteiger partial charge in [0.15, 0.2) is 11.2 Å². The summed E-state index contributed by atoms with van der Waals surface area (Å²) in [5.41, 5.74) is 0.974. The van der Waals surface area contributed by atoms with Gasteiger partial charge in [0.2, 0.25) is 5.95 Å². The molecule has 0 aromatic carbocycles. The highest BCUT2D eigenvalue weighted by atomic mass is 16.2. The summed E-state index contributed by atoms with van der Waals surface area (Å²) in [6.07, 6.45) is 3.90. The molecule has 1 aliphatic heterocycles. The van der Waals surface area contributed by atoms with Crippen molar-refractivity contribution in [3.63, 3.8) is 0 Å². The van der Waals surface area contributed by atoms with Gasteiger partial charge in [-0.1, -0.05) is 12.2 Å². The first kappa shape index (κ1) is 15.3. The highest BCUT2D eigenvalue weighted by Crippen LogP contribution is 2.29. The molecule has 0 fully saturated rings. The topological polar surface area (TPSA) is 77.4 Å². The van der Waals surface area contributed by atoms with Crippen molar-refractivity contribution in [1.29, 1.82) is 0 Å². The molecule has 3 heterocycles. The van der Waals surface area contributed by atoms with Crippen LogP contribution in [0.3, 0.4) is 0 Å². The Labute approximate surface area is 133 Å². The predicted octanol–water partition coefficient (Wildman–Crippen LogP) is 0.767. The number of nitrogens with zero attached hydrogens (tertiary/aromatic N) is 6. The van der Waals surface area contributed by atoms with Crippen LogP contribution in [0.5, 0.6) is 0 Å². The SMILES string of the molecule is CC=CCN1N=C(C)C(C)n2c1nc1c2c(=O)n(C)c(=O)n1C. The maximum absolute atomic E-state index is 12.6. The normalized spacial score (nSPS) is 17.9. The van der Waals surface area contributed by atoms with Crippen LogP contribution in [0.4, 0.5) is 5.95 Å². The molecule has 8 nitrogen and oxygen atoms in total. The molecule has 2 aromatic heterocycles. The fourth-order valence-corrected chi connectivity index (χ4v) is 2.79. The molecule has 0 spiro atoms. The minimum Gasteiger partial charge on any atom is -0.294 e. The van der Waals surface area contributed by atoms with Crippen LogP contribution in [-0.2, 0) is 14.1 Å². The fourth-order valence-electron chi connectivity index (χ4n) is 2.79. The second kappa shape index (κ2) is 5.22. The van der Waals surface area contributed by atoms with Gasteiger partial charge in [-0.25, -0.2) is 9.80 Å². The standard InChI is InChI=1S/C15H20N6O2/c1-6-7-8-20-14-16-12-11(21(14)10(3)9(2)17-20)13(22)19(5)15(23)18(12)4/h6-7,10H,8H2,1-5H3. The molecule has 2 aromatic rings. The Morgan fingerprint density at radius 3 is 2.57 bits per heavy atom. The van der Waals surface area contributed by atoms with E-state index in [1.54, 1.807) is 12.1 Å². The molecule has 0 radical (unpaired) electrons. The number of fused-ring (bicyclic) bond motifs is 3. The third kappa shape index (κ3) is 2.05. The smallest absolute Gasteiger partial charge is 0.294 e. The summed E-state index contributed by atoms with van der Waals surface area (Å²) in [7, 11) is 3.11. The van der Waals surface area contributed by atoms with Crippen LogP contribution in [0, 0.1) is 0 Å². The monoisotopic (exact) mass is 316 g/mol. The van der Waals surface area contributed by atoms with E-state index < -0.39 is 0 Å². The van der Waals surface area contributed by atoms with Crippen molar-refractivity contribution in [3.05, 3.63) is 33.0 Å². The third-order valence-electron chi connectivity index (χ3n) is 4.29. The lowest BCUT2D eigenvalue weighted by Crippen LogP contribution is -2.38. The molecule has 1 unspecified atom stereocenters. The van der Waals surface area contributed by atoms with Crippen LogP contribution >= 0.6 is 0 Å². The van der Waals surface area contributed by atoms with Gasteiger partial charge in [0.25, 0.3) is 5.56 Å². The number of hydrogen-bond donors (Lipinski definition) is 0. The number of aryl methyl sites for hydroxylation is 1. The summed E-state index contributed by atoms with van der Waals surface area (Å²) in [5.74, 6) is 0.578. The van der Waals surface area contributed by atoms with Crippen molar-refractivity contribution >= 4 is 22.8 Å². The second-order valence-corrected chi connectivity index (χ2v) is 5.73. The molecule has 8 heteroatoms. The van der Waals surface area contributed by atoms with E-state index in [9.17, 15) is 9.59 Å². The first-order valence-corrected chi connectivity index (χ1v) is 7.50. The Morgan fingerprint density at radius 1 is 1.22 bits per heavy atom. The molecular formula is C15H20N6O2. The van der Waals surface area contributed by atoms with E-state index in [-0.39, 0.29) is 17.3 Å². The van der Waals surface area contributed by atoms with Crippen molar-refractivity contribution in [3.8, 4) is 0 Å². The van der Waals surface area contributed by atoms with Gasteiger partial charge in [-0.15, -0.1) is 0 Å². The van der Waals surface area contributed by atoms with Gasteiger partial charge in [0.05, 0.1) is 18.3 Å². The first-order chi connectivity index (χ1) is 10.9. The number of hydrogen-bond acceptors (Lipinski definition) is 5. The summed E-state index contributed by atoms with van der Waals surface area (Å²) in [5, 5.41) is 6.31. The van der Waals surface area contributed by atoms with Crippen molar-refractivity contribution < 1.29 is 0 Å². The van der Waals surface area contributed by atoms with E-state index in [0.717, 1.165) is 10.3 Å². The molecule has 0 saturated heterocycles. The van der Waals surface area contributed by atoms with E-state index in [2.05, 4.69) is 10.1 Å². The Hall–Kier alpha value is -2.64. The lowest BCUT2D eigenvalue weighted by atomic mass is 10.2. The van der Waals surface area contributed by atoms with E-state index in [1.165, 1.54) is 11.6 Å². The Bertz CT molecular complexity index is 959. The lowest BCUT2D eigenvalue weighted by molar-refractivity contribution is 0.647. The van der Waals surface area contributed by atoms with Crippen LogP contribution in [-0.4, -0.2) is 30.9 Å². The van der Waals surface area contributed by atoms with Crippen LogP contribution in [0.1, 0.15) is 26.8 Å². The number of rotatable bonds is 2. The van der Waals surface area contributed by atoms with E-state index in [1.807, 2.05) is 37.5 Å². The quantitative estimate of drug-likeness (QED) is 0.767. The van der Waals surface area contributed by atoms with Crippen LogP contribution in [0.2, 0.25) is 0 Å². The molecule has 0 aliphatic carbocycles. The van der Waals surface area contributed by atoms with E-state index >= 15 is 0 Å². The zero-order valence-electron chi connectivity index (χ0n) is 13.9. The summed E-state index contributed by atoms with van der Waals surface area (Å²) in [6.45, 7) is 6.39. The summed E-state index contributed by atoms with van der Waals surface area (Å²) in [4.78, 5) is 29.3. The molecule has 23 heavy (non-hydrogen) atoms. The average molecular weight is 316 g/mol. The average Bonchev–Trinajstić information content (AvgIpc) is 2.94. The molecule has 0 saturated carbocycles. The maximum atomic E-state index is 12.6. The molecule has 3 rings (SSSR count). The number of aromatic nitrogens is 4. The van der Waals surface area contributed by atoms with Crippen molar-refractivity contribution in [2.45, 2.75) is 26.8 Å². The molecule has 0 N–H and O–H groups in total. The number of hydrazone groups is 1. The largest absolute Gasteiger partial charge is 0.332 e. The molecule has 1 atom stereocenters. The van der Waals surface area contributed by atoms with Crippen LogP contribution in [0.25, 0.3) is 11.2 Å².